The number of ether oxygens (including phenoxy) is 2. The van der Waals surface area contributed by atoms with Crippen molar-refractivity contribution in [2.75, 3.05) is 14.2 Å². The quantitative estimate of drug-likeness (QED) is 0.534. The molecule has 0 saturated heterocycles. The molecule has 0 unspecified atom stereocenters. The number of hydrogen-bond acceptors (Lipinski definition) is 6. The Morgan fingerprint density at radius 3 is 2.29 bits per heavy atom. The molecule has 0 radical (unpaired) electrons. The lowest BCUT2D eigenvalue weighted by Gasteiger charge is -2.09. The number of benzene rings is 2. The first-order valence-electron chi connectivity index (χ1n) is 6.72. The topological polar surface area (TPSA) is 100 Å². The first kappa shape index (κ1) is 17.6. The number of phenols is 2. The van der Waals surface area contributed by atoms with Gasteiger partial charge in [0.2, 0.25) is 0 Å². The molecule has 0 heterocycles. The number of methoxy groups -OCH3 is 2. The summed E-state index contributed by atoms with van der Waals surface area (Å²) in [6.45, 7) is 0. The number of hydrogen-bond donors (Lipinski definition) is 3. The van der Waals surface area contributed by atoms with E-state index in [0.717, 1.165) is 6.07 Å². The summed E-state index contributed by atoms with van der Waals surface area (Å²) in [4.78, 5) is 12.0. The molecule has 0 spiro atoms. The lowest BCUT2D eigenvalue weighted by Crippen LogP contribution is -2.17. The van der Waals surface area contributed by atoms with Gasteiger partial charge in [0.15, 0.2) is 0 Å². The Labute approximate surface area is 146 Å². The van der Waals surface area contributed by atoms with Gasteiger partial charge in [-0.2, -0.15) is 5.10 Å². The van der Waals surface area contributed by atoms with Crippen molar-refractivity contribution in [1.82, 2.24) is 5.43 Å². The highest BCUT2D eigenvalue weighted by Crippen LogP contribution is 2.31. The number of phenolic OH excluding ortho intramolecular Hbond substituents is 2. The van der Waals surface area contributed by atoms with Crippen LogP contribution in [0.3, 0.4) is 0 Å². The van der Waals surface area contributed by atoms with Gasteiger partial charge in [0.05, 0.1) is 24.9 Å². The van der Waals surface area contributed by atoms with Gasteiger partial charge in [0.25, 0.3) is 5.91 Å². The third-order valence-corrected chi connectivity index (χ3v) is 3.66. The van der Waals surface area contributed by atoms with E-state index in [4.69, 9.17) is 9.47 Å². The van der Waals surface area contributed by atoms with Gasteiger partial charge in [0, 0.05) is 23.3 Å². The number of carbonyl (C=O) groups is 1. The molecule has 0 aliphatic rings. The van der Waals surface area contributed by atoms with Gasteiger partial charge >= 0.3 is 0 Å². The molecule has 2 aromatic rings. The minimum absolute atomic E-state index is 0.0764. The maximum atomic E-state index is 12.0. The highest BCUT2D eigenvalue weighted by atomic mass is 79.9. The molecule has 0 atom stereocenters. The molecule has 0 fully saturated rings. The number of rotatable bonds is 5. The van der Waals surface area contributed by atoms with E-state index >= 15 is 0 Å². The number of halogens is 1. The van der Waals surface area contributed by atoms with Crippen molar-refractivity contribution >= 4 is 28.1 Å². The first-order chi connectivity index (χ1) is 11.4. The lowest BCUT2D eigenvalue weighted by molar-refractivity contribution is 0.0954. The minimum Gasteiger partial charge on any atom is -0.508 e. The number of nitrogens with one attached hydrogen (secondary N) is 1. The van der Waals surface area contributed by atoms with E-state index in [1.165, 1.54) is 32.6 Å². The zero-order valence-corrected chi connectivity index (χ0v) is 14.5. The smallest absolute Gasteiger partial charge is 0.271 e. The Kier molecular flexibility index (Phi) is 5.64. The highest BCUT2D eigenvalue weighted by Gasteiger charge is 2.09. The number of amides is 1. The summed E-state index contributed by atoms with van der Waals surface area (Å²) < 4.78 is 11.1. The maximum Gasteiger partial charge on any atom is 0.271 e. The number of hydrazone groups is 1. The summed E-state index contributed by atoms with van der Waals surface area (Å²) in [5.74, 6) is 0.102. The fourth-order valence-electron chi connectivity index (χ4n) is 1.94. The summed E-state index contributed by atoms with van der Waals surface area (Å²) in [6, 6.07) is 6.97. The molecular formula is C16H15BrN2O5. The lowest BCUT2D eigenvalue weighted by atomic mass is 10.2. The normalized spacial score (nSPS) is 10.6. The van der Waals surface area contributed by atoms with Crippen molar-refractivity contribution in [1.29, 1.82) is 0 Å². The van der Waals surface area contributed by atoms with Gasteiger partial charge in [-0.3, -0.25) is 4.79 Å². The second-order valence-electron chi connectivity index (χ2n) is 4.67. The Bertz CT molecular complexity index is 772. The summed E-state index contributed by atoms with van der Waals surface area (Å²) in [7, 11) is 3.05. The van der Waals surface area contributed by atoms with Gasteiger partial charge in [-0.1, -0.05) is 0 Å². The molecule has 0 aromatic heterocycles. The van der Waals surface area contributed by atoms with Crippen molar-refractivity contribution in [3.05, 3.63) is 45.9 Å². The van der Waals surface area contributed by atoms with Gasteiger partial charge in [0.1, 0.15) is 23.0 Å². The average molecular weight is 395 g/mol. The van der Waals surface area contributed by atoms with Crippen LogP contribution in [0.1, 0.15) is 15.9 Å². The molecule has 3 N–H and O–H groups in total. The predicted octanol–water partition coefficient (Wildman–Crippen LogP) is 2.64. The molecule has 1 amide bonds. The van der Waals surface area contributed by atoms with Crippen molar-refractivity contribution in [3.8, 4) is 23.0 Å². The Balaban J connectivity index is 2.16. The van der Waals surface area contributed by atoms with Gasteiger partial charge in [-0.05, 0) is 34.1 Å². The van der Waals surface area contributed by atoms with E-state index in [-0.39, 0.29) is 17.1 Å². The standard InChI is InChI=1S/C16H15BrN2O5/c1-23-14-7-15(24-2)13(17)5-10(14)8-18-19-16(22)9-3-11(20)6-12(21)4-9/h3-8,20-21H,1-2H3,(H,19,22)/b18-8+. The van der Waals surface area contributed by atoms with E-state index in [1.54, 1.807) is 12.1 Å². The summed E-state index contributed by atoms with van der Waals surface area (Å²) >= 11 is 3.36. The van der Waals surface area contributed by atoms with Crippen molar-refractivity contribution in [2.24, 2.45) is 5.10 Å². The molecule has 126 valence electrons. The van der Waals surface area contributed by atoms with Crippen LogP contribution in [0.2, 0.25) is 0 Å². The molecule has 2 aromatic carbocycles. The monoisotopic (exact) mass is 394 g/mol. The van der Waals surface area contributed by atoms with Crippen LogP contribution in [-0.2, 0) is 0 Å². The second-order valence-corrected chi connectivity index (χ2v) is 5.52. The molecule has 8 heteroatoms. The van der Waals surface area contributed by atoms with E-state index in [1.807, 2.05) is 0 Å². The van der Waals surface area contributed by atoms with Crippen LogP contribution in [0.4, 0.5) is 0 Å². The Morgan fingerprint density at radius 1 is 1.08 bits per heavy atom. The van der Waals surface area contributed by atoms with E-state index in [0.29, 0.717) is 21.5 Å². The van der Waals surface area contributed by atoms with Gasteiger partial charge in [-0.25, -0.2) is 5.43 Å². The number of carbonyl (C=O) groups excluding carboxylic acids is 1. The maximum absolute atomic E-state index is 12.0. The fraction of sp³-hybridized carbons (Fsp3) is 0.125. The molecule has 0 bridgehead atoms. The Hall–Kier alpha value is -2.74. The van der Waals surface area contributed by atoms with E-state index < -0.39 is 5.91 Å². The van der Waals surface area contributed by atoms with Crippen LogP contribution in [0.25, 0.3) is 0 Å². The summed E-state index contributed by atoms with van der Waals surface area (Å²) in [6.07, 6.45) is 1.41. The number of nitrogens with zero attached hydrogens (tertiary/aromatic N) is 1. The molecule has 24 heavy (non-hydrogen) atoms. The van der Waals surface area contributed by atoms with Crippen LogP contribution in [0.15, 0.2) is 39.9 Å². The number of aromatic hydroxyl groups is 2. The van der Waals surface area contributed by atoms with Crippen molar-refractivity contribution in [3.63, 3.8) is 0 Å². The van der Waals surface area contributed by atoms with E-state index in [2.05, 4.69) is 26.5 Å². The predicted molar refractivity (Wildman–Crippen MR) is 92.1 cm³/mol. The largest absolute Gasteiger partial charge is 0.508 e. The molecule has 0 saturated carbocycles. The Morgan fingerprint density at radius 2 is 1.71 bits per heavy atom. The average Bonchev–Trinajstić information content (AvgIpc) is 2.54. The van der Waals surface area contributed by atoms with Gasteiger partial charge < -0.3 is 19.7 Å². The van der Waals surface area contributed by atoms with Crippen LogP contribution >= 0.6 is 15.9 Å². The molecule has 0 aliphatic carbocycles. The second kappa shape index (κ2) is 7.69. The zero-order chi connectivity index (χ0) is 17.7. The summed E-state index contributed by atoms with van der Waals surface area (Å²) in [5, 5.41) is 22.6. The SMILES string of the molecule is COc1cc(OC)c(/C=N/NC(=O)c2cc(O)cc(O)c2)cc1Br. The molecule has 2 rings (SSSR count). The van der Waals surface area contributed by atoms with Crippen LogP contribution < -0.4 is 14.9 Å². The van der Waals surface area contributed by atoms with Gasteiger partial charge in [-0.15, -0.1) is 0 Å². The molecular weight excluding hydrogens is 380 g/mol. The highest BCUT2D eigenvalue weighted by molar-refractivity contribution is 9.10. The summed E-state index contributed by atoms with van der Waals surface area (Å²) in [5.41, 5.74) is 3.00. The van der Waals surface area contributed by atoms with E-state index in [9.17, 15) is 15.0 Å². The third kappa shape index (κ3) is 4.17. The first-order valence-corrected chi connectivity index (χ1v) is 7.52. The van der Waals surface area contributed by atoms with Crippen LogP contribution in [-0.4, -0.2) is 36.6 Å². The van der Waals surface area contributed by atoms with Crippen LogP contribution in [0.5, 0.6) is 23.0 Å². The molecule has 7 nitrogen and oxygen atoms in total. The third-order valence-electron chi connectivity index (χ3n) is 3.04. The minimum atomic E-state index is -0.580. The fourth-order valence-corrected chi connectivity index (χ4v) is 2.46. The molecule has 0 aliphatic heterocycles. The van der Waals surface area contributed by atoms with Crippen molar-refractivity contribution in [2.45, 2.75) is 0 Å². The van der Waals surface area contributed by atoms with Crippen LogP contribution in [0, 0.1) is 0 Å². The van der Waals surface area contributed by atoms with Crippen molar-refractivity contribution < 1.29 is 24.5 Å². The zero-order valence-electron chi connectivity index (χ0n) is 12.9.